The van der Waals surface area contributed by atoms with Crippen LogP contribution in [0.2, 0.25) is 0 Å². The first-order valence-electron chi connectivity index (χ1n) is 9.78. The summed E-state index contributed by atoms with van der Waals surface area (Å²) in [4.78, 5) is 23.6. The molecule has 2 aromatic heterocycles. The summed E-state index contributed by atoms with van der Waals surface area (Å²) in [6.07, 6.45) is 1.91. The Kier molecular flexibility index (Phi) is 4.69. The molecule has 0 aliphatic carbocycles. The molecular formula is C23H20N4O2S. The van der Waals surface area contributed by atoms with Crippen molar-refractivity contribution in [2.75, 3.05) is 18.8 Å². The normalized spacial score (nSPS) is 16.3. The average molecular weight is 417 g/mol. The Bertz CT molecular complexity index is 1220. The van der Waals surface area contributed by atoms with Crippen LogP contribution in [-0.4, -0.2) is 45.1 Å². The lowest BCUT2D eigenvalue weighted by Gasteiger charge is -2.16. The van der Waals surface area contributed by atoms with E-state index in [1.165, 1.54) is 0 Å². The van der Waals surface area contributed by atoms with E-state index in [2.05, 4.69) is 4.98 Å². The zero-order valence-corrected chi connectivity index (χ0v) is 17.0. The van der Waals surface area contributed by atoms with Gasteiger partial charge < -0.3 is 15.7 Å². The van der Waals surface area contributed by atoms with Crippen LogP contribution in [0, 0.1) is 0 Å². The number of carbonyl (C=O) groups is 1. The number of hydrogen-bond acceptors (Lipinski definition) is 6. The number of fused-ring (bicyclic) bond motifs is 1. The second-order valence-electron chi connectivity index (χ2n) is 7.42. The molecule has 1 atom stereocenters. The number of para-hydroxylation sites is 1. The van der Waals surface area contributed by atoms with E-state index in [9.17, 15) is 9.90 Å². The molecule has 3 heterocycles. The zero-order chi connectivity index (χ0) is 20.7. The Labute approximate surface area is 177 Å². The minimum Gasteiger partial charge on any atom is -0.391 e. The molecule has 0 radical (unpaired) electrons. The number of aliphatic hydroxyl groups excluding tert-OH is 1. The van der Waals surface area contributed by atoms with Gasteiger partial charge in [0.2, 0.25) is 0 Å². The number of rotatable bonds is 3. The molecule has 7 heteroatoms. The highest BCUT2D eigenvalue weighted by atomic mass is 32.1. The molecule has 0 bridgehead atoms. The fourth-order valence-electron chi connectivity index (χ4n) is 3.73. The predicted molar refractivity (Wildman–Crippen MR) is 119 cm³/mol. The van der Waals surface area contributed by atoms with E-state index in [1.807, 2.05) is 48.5 Å². The highest BCUT2D eigenvalue weighted by Gasteiger charge is 2.25. The lowest BCUT2D eigenvalue weighted by molar-refractivity contribution is 0.0765. The van der Waals surface area contributed by atoms with E-state index in [4.69, 9.17) is 10.7 Å². The van der Waals surface area contributed by atoms with E-state index in [-0.39, 0.29) is 5.91 Å². The number of pyridine rings is 1. The number of aliphatic hydroxyl groups is 1. The summed E-state index contributed by atoms with van der Waals surface area (Å²) in [6.45, 7) is 0.962. The molecule has 1 fully saturated rings. The van der Waals surface area contributed by atoms with Gasteiger partial charge in [-0.05, 0) is 42.3 Å². The van der Waals surface area contributed by atoms with Gasteiger partial charge in [-0.15, -0.1) is 11.3 Å². The van der Waals surface area contributed by atoms with Crippen molar-refractivity contribution in [3.05, 3.63) is 66.4 Å². The highest BCUT2D eigenvalue weighted by Crippen LogP contribution is 2.35. The molecule has 4 aromatic rings. The third-order valence-electron chi connectivity index (χ3n) is 5.34. The summed E-state index contributed by atoms with van der Waals surface area (Å²) in [5.74, 6) is 0.360. The molecule has 3 N–H and O–H groups in total. The number of nitrogens with zero attached hydrogens (tertiary/aromatic N) is 3. The van der Waals surface area contributed by atoms with E-state index in [0.717, 1.165) is 31.9 Å². The van der Waals surface area contributed by atoms with Crippen LogP contribution in [0.3, 0.4) is 0 Å². The molecule has 1 saturated heterocycles. The number of benzene rings is 2. The van der Waals surface area contributed by atoms with Crippen molar-refractivity contribution in [3.63, 3.8) is 0 Å². The van der Waals surface area contributed by atoms with Crippen molar-refractivity contribution in [1.29, 1.82) is 0 Å². The van der Waals surface area contributed by atoms with E-state index >= 15 is 0 Å². The molecule has 0 spiro atoms. The molecule has 30 heavy (non-hydrogen) atoms. The predicted octanol–water partition coefficient (Wildman–Crippen LogP) is 3.81. The van der Waals surface area contributed by atoms with Crippen molar-refractivity contribution in [1.82, 2.24) is 14.9 Å². The number of nitrogens with two attached hydrogens (primary N) is 1. The van der Waals surface area contributed by atoms with Gasteiger partial charge in [0.05, 0.1) is 21.9 Å². The summed E-state index contributed by atoms with van der Waals surface area (Å²) in [6, 6.07) is 17.4. The number of carbonyl (C=O) groups excluding carboxylic acids is 1. The van der Waals surface area contributed by atoms with Gasteiger partial charge in [-0.1, -0.05) is 24.3 Å². The van der Waals surface area contributed by atoms with Gasteiger partial charge in [-0.3, -0.25) is 4.79 Å². The highest BCUT2D eigenvalue weighted by molar-refractivity contribution is 7.21. The number of β-amino-alcohol motifs (C(OH)–C–C–N with tert-alkyl or cyclic N) is 1. The van der Waals surface area contributed by atoms with Crippen molar-refractivity contribution >= 4 is 33.3 Å². The third-order valence-corrected chi connectivity index (χ3v) is 6.41. The molecule has 0 saturated carbocycles. The summed E-state index contributed by atoms with van der Waals surface area (Å²) < 4.78 is 1.10. The van der Waals surface area contributed by atoms with E-state index in [0.29, 0.717) is 30.9 Å². The van der Waals surface area contributed by atoms with Gasteiger partial charge in [0.25, 0.3) is 5.91 Å². The van der Waals surface area contributed by atoms with Crippen molar-refractivity contribution < 1.29 is 9.90 Å². The van der Waals surface area contributed by atoms with Crippen LogP contribution < -0.4 is 5.73 Å². The van der Waals surface area contributed by atoms with Gasteiger partial charge in [-0.2, -0.15) is 0 Å². The lowest BCUT2D eigenvalue weighted by atomic mass is 10.0. The summed E-state index contributed by atoms with van der Waals surface area (Å²) in [7, 11) is 0. The monoisotopic (exact) mass is 416 g/mol. The van der Waals surface area contributed by atoms with Crippen LogP contribution >= 0.6 is 11.3 Å². The first-order valence-corrected chi connectivity index (χ1v) is 10.6. The molecule has 1 aliphatic heterocycles. The van der Waals surface area contributed by atoms with E-state index in [1.54, 1.807) is 28.5 Å². The Balaban J connectivity index is 1.50. The molecule has 1 unspecified atom stereocenters. The molecule has 150 valence electrons. The van der Waals surface area contributed by atoms with Crippen LogP contribution in [0.4, 0.5) is 5.82 Å². The first-order chi connectivity index (χ1) is 14.6. The number of likely N-dealkylation sites (tertiary alicyclic amines) is 1. The van der Waals surface area contributed by atoms with Crippen LogP contribution in [0.15, 0.2) is 60.8 Å². The third kappa shape index (κ3) is 3.42. The second-order valence-corrected chi connectivity index (χ2v) is 8.45. The van der Waals surface area contributed by atoms with Gasteiger partial charge in [0.1, 0.15) is 10.8 Å². The molecular weight excluding hydrogens is 396 g/mol. The summed E-state index contributed by atoms with van der Waals surface area (Å²) in [5, 5.41) is 10.5. The Morgan fingerprint density at radius 2 is 2.00 bits per heavy atom. The topological polar surface area (TPSA) is 92.3 Å². The first kappa shape index (κ1) is 18.7. The minimum atomic E-state index is -0.435. The SMILES string of the molecule is Nc1ncc(-c2cccc(C(=O)N3CCC(O)C3)c2)cc1-c1nc2ccccc2s1. The number of aromatic nitrogens is 2. The Morgan fingerprint density at radius 1 is 1.13 bits per heavy atom. The number of hydrogen-bond donors (Lipinski definition) is 2. The lowest BCUT2D eigenvalue weighted by Crippen LogP contribution is -2.29. The fraction of sp³-hybridized carbons (Fsp3) is 0.174. The maximum absolute atomic E-state index is 12.8. The van der Waals surface area contributed by atoms with Gasteiger partial charge >= 0.3 is 0 Å². The maximum atomic E-state index is 12.8. The van der Waals surface area contributed by atoms with Crippen LogP contribution in [0.25, 0.3) is 31.9 Å². The minimum absolute atomic E-state index is 0.0665. The van der Waals surface area contributed by atoms with Gasteiger partial charge in [-0.25, -0.2) is 9.97 Å². The molecule has 5 rings (SSSR count). The molecule has 1 amide bonds. The van der Waals surface area contributed by atoms with Gasteiger partial charge in [0.15, 0.2) is 0 Å². The maximum Gasteiger partial charge on any atom is 0.253 e. The van der Waals surface area contributed by atoms with Crippen molar-refractivity contribution in [3.8, 4) is 21.7 Å². The van der Waals surface area contributed by atoms with Crippen LogP contribution in [0.1, 0.15) is 16.8 Å². The Morgan fingerprint density at radius 3 is 2.80 bits per heavy atom. The molecule has 1 aliphatic rings. The largest absolute Gasteiger partial charge is 0.391 e. The smallest absolute Gasteiger partial charge is 0.253 e. The Hall–Kier alpha value is -3.29. The standard InChI is InChI=1S/C23H20N4O2S/c24-21-18(22-26-19-6-1-2-7-20(19)30-22)11-16(12-25-21)14-4-3-5-15(10-14)23(29)27-9-8-17(28)13-27/h1-7,10-12,17,28H,8-9,13H2,(H2,24,25). The zero-order valence-electron chi connectivity index (χ0n) is 16.2. The fourth-order valence-corrected chi connectivity index (χ4v) is 4.72. The number of thiazole rings is 1. The molecule has 2 aromatic carbocycles. The number of anilines is 1. The van der Waals surface area contributed by atoms with Crippen LogP contribution in [0.5, 0.6) is 0 Å². The number of amides is 1. The van der Waals surface area contributed by atoms with Crippen molar-refractivity contribution in [2.24, 2.45) is 0 Å². The second kappa shape index (κ2) is 7.51. The average Bonchev–Trinajstić information content (AvgIpc) is 3.40. The molecule has 6 nitrogen and oxygen atoms in total. The van der Waals surface area contributed by atoms with Crippen LogP contribution in [-0.2, 0) is 0 Å². The van der Waals surface area contributed by atoms with E-state index < -0.39 is 6.10 Å². The summed E-state index contributed by atoms with van der Waals surface area (Å²) >= 11 is 1.58. The number of nitrogen functional groups attached to an aromatic ring is 1. The van der Waals surface area contributed by atoms with Crippen molar-refractivity contribution in [2.45, 2.75) is 12.5 Å². The summed E-state index contributed by atoms with van der Waals surface area (Å²) in [5.41, 5.74) is 10.2. The quantitative estimate of drug-likeness (QED) is 0.530. The van der Waals surface area contributed by atoms with Gasteiger partial charge in [0, 0.05) is 30.4 Å².